The Balaban J connectivity index is 1.33. The molecule has 2 aromatic heterocycles. The Morgan fingerprint density at radius 2 is 1.83 bits per heavy atom. The van der Waals surface area contributed by atoms with Crippen molar-refractivity contribution in [3.8, 4) is 11.8 Å². The van der Waals surface area contributed by atoms with Crippen molar-refractivity contribution in [3.05, 3.63) is 52.3 Å². The van der Waals surface area contributed by atoms with Gasteiger partial charge in [0.2, 0.25) is 0 Å². The van der Waals surface area contributed by atoms with Gasteiger partial charge in [0.1, 0.15) is 10.9 Å². The van der Waals surface area contributed by atoms with Gasteiger partial charge in [0.25, 0.3) is 5.91 Å². The first-order chi connectivity index (χ1) is 14.5. The van der Waals surface area contributed by atoms with Crippen molar-refractivity contribution in [3.63, 3.8) is 0 Å². The number of nitriles is 1. The second-order valence-electron chi connectivity index (χ2n) is 8.00. The van der Waals surface area contributed by atoms with Gasteiger partial charge in [-0.05, 0) is 26.0 Å². The first-order valence-electron chi connectivity index (χ1n) is 9.92. The minimum Gasteiger partial charge on any atom is -0.347 e. The molecule has 0 bridgehead atoms. The maximum Gasteiger partial charge on any atom is 0.256 e. The van der Waals surface area contributed by atoms with E-state index in [1.807, 2.05) is 36.9 Å². The predicted molar refractivity (Wildman–Crippen MR) is 113 cm³/mol. The number of aromatic nitrogens is 4. The molecule has 2 unspecified atom stereocenters. The van der Waals surface area contributed by atoms with Crippen LogP contribution in [0.4, 0.5) is 5.13 Å². The molecule has 0 radical (unpaired) electrons. The van der Waals surface area contributed by atoms with Crippen LogP contribution in [0.2, 0.25) is 0 Å². The molecule has 0 saturated carbocycles. The molecule has 30 heavy (non-hydrogen) atoms. The van der Waals surface area contributed by atoms with Crippen molar-refractivity contribution < 1.29 is 4.79 Å². The number of thiazole rings is 1. The largest absolute Gasteiger partial charge is 0.347 e. The van der Waals surface area contributed by atoms with Crippen molar-refractivity contribution in [2.24, 2.45) is 11.8 Å². The molecule has 1 aromatic carbocycles. The van der Waals surface area contributed by atoms with Gasteiger partial charge in [-0.1, -0.05) is 23.0 Å². The van der Waals surface area contributed by atoms with E-state index in [-0.39, 0.29) is 5.91 Å². The normalized spacial score (nSPS) is 20.4. The van der Waals surface area contributed by atoms with Crippen LogP contribution in [0.25, 0.3) is 5.69 Å². The first-order valence-corrected chi connectivity index (χ1v) is 10.7. The minimum absolute atomic E-state index is 0.0313. The van der Waals surface area contributed by atoms with Crippen LogP contribution >= 0.6 is 11.3 Å². The zero-order valence-corrected chi connectivity index (χ0v) is 17.6. The molecule has 2 aliphatic rings. The van der Waals surface area contributed by atoms with Gasteiger partial charge >= 0.3 is 0 Å². The molecule has 0 aliphatic carbocycles. The number of anilines is 1. The van der Waals surface area contributed by atoms with Gasteiger partial charge in [-0.15, -0.1) is 0 Å². The summed E-state index contributed by atoms with van der Waals surface area (Å²) in [5, 5.41) is 18.5. The zero-order valence-electron chi connectivity index (χ0n) is 16.8. The molecule has 2 fully saturated rings. The summed E-state index contributed by atoms with van der Waals surface area (Å²) in [4.78, 5) is 24.4. The zero-order chi connectivity index (χ0) is 20.8. The van der Waals surface area contributed by atoms with Crippen LogP contribution in [0, 0.1) is 37.0 Å². The summed E-state index contributed by atoms with van der Waals surface area (Å²) < 4.78 is 0. The molecule has 2 atom stereocenters. The highest BCUT2D eigenvalue weighted by atomic mass is 32.1. The third kappa shape index (κ3) is 3.13. The SMILES string of the molecule is Cc1ccc(-n2nccn2)c(C(=O)N2CC3CN(c4nc(C)c(C#N)s4)CC3C2)c1. The number of rotatable bonds is 3. The molecule has 4 heterocycles. The smallest absolute Gasteiger partial charge is 0.256 e. The molecule has 5 rings (SSSR count). The lowest BCUT2D eigenvalue weighted by Gasteiger charge is -2.22. The minimum atomic E-state index is 0.0313. The van der Waals surface area contributed by atoms with Crippen LogP contribution in [-0.4, -0.2) is 57.0 Å². The third-order valence-corrected chi connectivity index (χ3v) is 7.07. The van der Waals surface area contributed by atoms with E-state index >= 15 is 0 Å². The van der Waals surface area contributed by atoms with Crippen LogP contribution < -0.4 is 4.90 Å². The lowest BCUT2D eigenvalue weighted by atomic mass is 10.0. The first kappa shape index (κ1) is 18.8. The number of hydrogen-bond donors (Lipinski definition) is 0. The number of carbonyl (C=O) groups excluding carboxylic acids is 1. The van der Waals surface area contributed by atoms with E-state index in [9.17, 15) is 10.1 Å². The lowest BCUT2D eigenvalue weighted by Crippen LogP contribution is -2.34. The molecule has 0 N–H and O–H groups in total. The number of amides is 1. The van der Waals surface area contributed by atoms with E-state index in [0.717, 1.165) is 42.6 Å². The Morgan fingerprint density at radius 3 is 2.47 bits per heavy atom. The Morgan fingerprint density at radius 1 is 1.13 bits per heavy atom. The number of nitrogens with zero attached hydrogens (tertiary/aromatic N) is 7. The van der Waals surface area contributed by atoms with Crippen molar-refractivity contribution in [1.82, 2.24) is 24.9 Å². The predicted octanol–water partition coefficient (Wildman–Crippen LogP) is 2.42. The standard InChI is InChI=1S/C21H21N7OS/c1-13-3-4-18(28-23-5-6-24-28)17(7-13)20(29)26-9-15-11-27(12-16(15)10-26)21-25-14(2)19(8-22)30-21/h3-7,15-16H,9-12H2,1-2H3. The highest BCUT2D eigenvalue weighted by molar-refractivity contribution is 7.16. The van der Waals surface area contributed by atoms with Crippen molar-refractivity contribution in [2.75, 3.05) is 31.1 Å². The number of hydrogen-bond acceptors (Lipinski definition) is 7. The second-order valence-corrected chi connectivity index (χ2v) is 8.97. The van der Waals surface area contributed by atoms with E-state index in [1.165, 1.54) is 16.1 Å². The average molecular weight is 420 g/mol. The summed E-state index contributed by atoms with van der Waals surface area (Å²) in [7, 11) is 0. The average Bonchev–Trinajstić information content (AvgIpc) is 3.50. The van der Waals surface area contributed by atoms with Crippen LogP contribution in [0.5, 0.6) is 0 Å². The van der Waals surface area contributed by atoms with Crippen LogP contribution in [-0.2, 0) is 0 Å². The summed E-state index contributed by atoms with van der Waals surface area (Å²) in [6.07, 6.45) is 3.22. The number of fused-ring (bicyclic) bond motifs is 1. The Hall–Kier alpha value is -3.25. The number of benzene rings is 1. The van der Waals surface area contributed by atoms with Gasteiger partial charge in [-0.3, -0.25) is 4.79 Å². The maximum absolute atomic E-state index is 13.4. The van der Waals surface area contributed by atoms with Gasteiger partial charge in [0.15, 0.2) is 5.13 Å². The summed E-state index contributed by atoms with van der Waals surface area (Å²) in [6, 6.07) is 8.01. The molecule has 9 heteroatoms. The molecule has 8 nitrogen and oxygen atoms in total. The Labute approximate surface area is 178 Å². The molecule has 152 valence electrons. The van der Waals surface area contributed by atoms with E-state index in [2.05, 4.69) is 26.2 Å². The fraction of sp³-hybridized carbons (Fsp3) is 0.381. The molecule has 2 saturated heterocycles. The fourth-order valence-corrected chi connectivity index (χ4v) is 5.32. The van der Waals surface area contributed by atoms with E-state index in [0.29, 0.717) is 28.0 Å². The Kier molecular flexibility index (Phi) is 4.51. The second kappa shape index (κ2) is 7.22. The van der Waals surface area contributed by atoms with Gasteiger partial charge in [0, 0.05) is 38.0 Å². The number of carbonyl (C=O) groups is 1. The molecule has 1 amide bonds. The molecular formula is C21H21N7OS. The van der Waals surface area contributed by atoms with Gasteiger partial charge in [-0.25, -0.2) is 4.98 Å². The van der Waals surface area contributed by atoms with Gasteiger partial charge in [0.05, 0.1) is 29.3 Å². The fourth-order valence-electron chi connectivity index (χ4n) is 4.44. The van der Waals surface area contributed by atoms with Gasteiger partial charge in [-0.2, -0.15) is 20.3 Å². The van der Waals surface area contributed by atoms with Crippen molar-refractivity contribution in [2.45, 2.75) is 13.8 Å². The summed E-state index contributed by atoms with van der Waals surface area (Å²) in [5.74, 6) is 0.864. The molecule has 2 aliphatic heterocycles. The van der Waals surface area contributed by atoms with Crippen LogP contribution in [0.3, 0.4) is 0 Å². The van der Waals surface area contributed by atoms with E-state index in [4.69, 9.17) is 0 Å². The van der Waals surface area contributed by atoms with Crippen molar-refractivity contribution in [1.29, 1.82) is 5.26 Å². The van der Waals surface area contributed by atoms with E-state index < -0.39 is 0 Å². The third-order valence-electron chi connectivity index (χ3n) is 5.95. The quantitative estimate of drug-likeness (QED) is 0.648. The Bertz CT molecular complexity index is 1130. The highest BCUT2D eigenvalue weighted by Crippen LogP contribution is 2.37. The lowest BCUT2D eigenvalue weighted by molar-refractivity contribution is 0.0782. The summed E-state index contributed by atoms with van der Waals surface area (Å²) in [6.45, 7) is 7.06. The molecular weight excluding hydrogens is 398 g/mol. The van der Waals surface area contributed by atoms with E-state index in [1.54, 1.807) is 12.4 Å². The maximum atomic E-state index is 13.4. The highest BCUT2D eigenvalue weighted by Gasteiger charge is 2.43. The molecule has 3 aromatic rings. The number of aryl methyl sites for hydroxylation is 2. The summed E-state index contributed by atoms with van der Waals surface area (Å²) >= 11 is 1.46. The summed E-state index contributed by atoms with van der Waals surface area (Å²) in [5.41, 5.74) is 3.17. The molecule has 0 spiro atoms. The monoisotopic (exact) mass is 419 g/mol. The van der Waals surface area contributed by atoms with Crippen LogP contribution in [0.15, 0.2) is 30.6 Å². The van der Waals surface area contributed by atoms with Crippen LogP contribution in [0.1, 0.15) is 26.5 Å². The van der Waals surface area contributed by atoms with Gasteiger partial charge < -0.3 is 9.80 Å². The number of likely N-dealkylation sites (tertiary alicyclic amines) is 1. The topological polar surface area (TPSA) is 90.9 Å². The van der Waals surface area contributed by atoms with Crippen molar-refractivity contribution >= 4 is 22.4 Å².